The van der Waals surface area contributed by atoms with Gasteiger partial charge in [-0.15, -0.1) is 0 Å². The Kier molecular flexibility index (Phi) is 5.56. The van der Waals surface area contributed by atoms with Crippen LogP contribution in [0.2, 0.25) is 0 Å². The molecule has 2 atom stereocenters. The average Bonchev–Trinajstić information content (AvgIpc) is 3.02. The van der Waals surface area contributed by atoms with E-state index in [1.54, 1.807) is 48.2 Å². The highest BCUT2D eigenvalue weighted by Crippen LogP contribution is 2.29. The highest BCUT2D eigenvalue weighted by molar-refractivity contribution is 7.73. The summed E-state index contributed by atoms with van der Waals surface area (Å²) in [5, 5.41) is -0.400. The Bertz CT molecular complexity index is 1110. The Morgan fingerprint density at radius 2 is 1.57 bits per heavy atom. The Hall–Kier alpha value is -2.80. The molecule has 0 bridgehead atoms. The smallest absolute Gasteiger partial charge is 0.253 e. The fraction of sp³-hybridized carbons (Fsp3) is 0.348. The molecule has 4 rings (SSSR count). The molecule has 1 aliphatic carbocycles. The first kappa shape index (κ1) is 20.5. The van der Waals surface area contributed by atoms with E-state index in [-0.39, 0.29) is 29.0 Å². The summed E-state index contributed by atoms with van der Waals surface area (Å²) >= 11 is 0. The Balaban J connectivity index is 1.58. The highest BCUT2D eigenvalue weighted by Gasteiger charge is 2.31. The lowest BCUT2D eigenvalue weighted by Crippen LogP contribution is -2.33. The fourth-order valence-electron chi connectivity index (χ4n) is 4.39. The Morgan fingerprint density at radius 1 is 0.933 bits per heavy atom. The van der Waals surface area contributed by atoms with Crippen LogP contribution in [0.1, 0.15) is 68.4 Å². The van der Waals surface area contributed by atoms with Crippen LogP contribution < -0.4 is 0 Å². The van der Waals surface area contributed by atoms with E-state index in [2.05, 4.69) is 0 Å². The maximum absolute atomic E-state index is 13.1. The van der Waals surface area contributed by atoms with Crippen molar-refractivity contribution in [1.29, 1.82) is 0 Å². The van der Waals surface area contributed by atoms with Crippen molar-refractivity contribution in [1.82, 2.24) is 4.90 Å². The first-order valence-corrected chi connectivity index (χ1v) is 11.4. The van der Waals surface area contributed by atoms with Crippen LogP contribution in [0.5, 0.6) is 0 Å². The van der Waals surface area contributed by atoms with Crippen LogP contribution in [0.25, 0.3) is 0 Å². The van der Waals surface area contributed by atoms with Crippen LogP contribution in [-0.4, -0.2) is 49.1 Å². The summed E-state index contributed by atoms with van der Waals surface area (Å²) in [6.07, 6.45) is 2.13. The molecule has 2 aromatic carbocycles. The van der Waals surface area contributed by atoms with Crippen molar-refractivity contribution in [3.05, 3.63) is 70.3 Å². The summed E-state index contributed by atoms with van der Waals surface area (Å²) in [6, 6.07) is 11.4. The molecule has 7 heteroatoms. The molecule has 1 fully saturated rings. The minimum absolute atomic E-state index is 0.0446. The highest BCUT2D eigenvalue weighted by atomic mass is 32.2. The molecule has 0 radical (unpaired) electrons. The lowest BCUT2D eigenvalue weighted by molar-refractivity contribution is 0.0759. The van der Waals surface area contributed by atoms with E-state index >= 15 is 0 Å². The van der Waals surface area contributed by atoms with Crippen molar-refractivity contribution < 1.29 is 22.8 Å². The van der Waals surface area contributed by atoms with Crippen LogP contribution in [0.4, 0.5) is 0 Å². The SMILES string of the molecule is CC(C1CCCN(C(=O)c2ccc3c(c2)C(=O)c2ccccc2C3=O)CC1)[SH](=O)=O. The van der Waals surface area contributed by atoms with Crippen molar-refractivity contribution >= 4 is 28.2 Å². The van der Waals surface area contributed by atoms with E-state index in [1.807, 2.05) is 0 Å². The number of amides is 1. The molecule has 0 aromatic heterocycles. The van der Waals surface area contributed by atoms with Crippen molar-refractivity contribution in [3.8, 4) is 0 Å². The first-order chi connectivity index (χ1) is 14.4. The number of benzene rings is 2. The number of likely N-dealkylation sites (tertiary alicyclic amines) is 1. The van der Waals surface area contributed by atoms with Gasteiger partial charge in [-0.1, -0.05) is 24.3 Å². The number of hydrogen-bond donors (Lipinski definition) is 1. The van der Waals surface area contributed by atoms with Gasteiger partial charge in [0, 0.05) is 40.9 Å². The van der Waals surface area contributed by atoms with Gasteiger partial charge in [0.2, 0.25) is 0 Å². The quantitative estimate of drug-likeness (QED) is 0.652. The standard InChI is InChI=1S/C23H23NO5S/c1-14(30(28)29)15-5-4-11-24(12-10-15)23(27)16-8-9-19-20(13-16)22(26)18-7-3-2-6-17(18)21(19)25/h2-3,6-9,13-15,30H,4-5,10-12H2,1H3. The van der Waals surface area contributed by atoms with Crippen LogP contribution >= 0.6 is 0 Å². The third kappa shape index (κ3) is 3.58. The predicted octanol–water partition coefficient (Wildman–Crippen LogP) is 2.70. The molecule has 6 nitrogen and oxygen atoms in total. The number of fused-ring (bicyclic) bond motifs is 2. The van der Waals surface area contributed by atoms with E-state index in [1.165, 1.54) is 6.07 Å². The number of nitrogens with zero attached hydrogens (tertiary/aromatic N) is 1. The fourth-order valence-corrected chi connectivity index (χ4v) is 5.04. The van der Waals surface area contributed by atoms with Crippen molar-refractivity contribution in [2.75, 3.05) is 13.1 Å². The Labute approximate surface area is 176 Å². The van der Waals surface area contributed by atoms with Crippen LogP contribution in [0, 0.1) is 5.92 Å². The van der Waals surface area contributed by atoms with Crippen molar-refractivity contribution in [2.45, 2.75) is 31.4 Å². The zero-order valence-electron chi connectivity index (χ0n) is 16.7. The lowest BCUT2D eigenvalue weighted by atomic mass is 9.83. The summed E-state index contributed by atoms with van der Waals surface area (Å²) in [5.74, 6) is -0.615. The number of thiol groups is 1. The van der Waals surface area contributed by atoms with E-state index in [0.29, 0.717) is 41.8 Å². The molecule has 2 unspecified atom stereocenters. The van der Waals surface area contributed by atoms with Crippen molar-refractivity contribution in [2.24, 2.45) is 5.92 Å². The molecule has 30 heavy (non-hydrogen) atoms. The molecular formula is C23H23NO5S. The zero-order valence-corrected chi connectivity index (χ0v) is 17.6. The van der Waals surface area contributed by atoms with Gasteiger partial charge in [0.05, 0.1) is 5.25 Å². The van der Waals surface area contributed by atoms with Crippen LogP contribution in [0.3, 0.4) is 0 Å². The molecule has 2 aliphatic rings. The van der Waals surface area contributed by atoms with Gasteiger partial charge < -0.3 is 4.90 Å². The minimum atomic E-state index is -2.48. The molecule has 0 saturated carbocycles. The predicted molar refractivity (Wildman–Crippen MR) is 113 cm³/mol. The second-order valence-electron chi connectivity index (χ2n) is 7.97. The molecule has 1 aliphatic heterocycles. The van der Waals surface area contributed by atoms with Crippen LogP contribution in [-0.2, 0) is 10.7 Å². The van der Waals surface area contributed by atoms with Gasteiger partial charge in [-0.3, -0.25) is 14.4 Å². The van der Waals surface area contributed by atoms with Gasteiger partial charge in [-0.2, -0.15) is 0 Å². The number of rotatable bonds is 3. The summed E-state index contributed by atoms with van der Waals surface area (Å²) in [7, 11) is -2.48. The van der Waals surface area contributed by atoms with E-state index < -0.39 is 16.0 Å². The molecule has 1 amide bonds. The topological polar surface area (TPSA) is 88.6 Å². The molecule has 0 spiro atoms. The molecular weight excluding hydrogens is 402 g/mol. The summed E-state index contributed by atoms with van der Waals surface area (Å²) in [5.41, 5.74) is 1.69. The third-order valence-corrected chi connectivity index (χ3v) is 7.33. The second-order valence-corrected chi connectivity index (χ2v) is 9.36. The number of carbonyl (C=O) groups is 3. The van der Waals surface area contributed by atoms with Gasteiger partial charge >= 0.3 is 0 Å². The van der Waals surface area contributed by atoms with Crippen LogP contribution in [0.15, 0.2) is 42.5 Å². The van der Waals surface area contributed by atoms with E-state index in [4.69, 9.17) is 0 Å². The third-order valence-electron chi connectivity index (χ3n) is 6.25. The van der Waals surface area contributed by atoms with Gasteiger partial charge in [-0.05, 0) is 50.3 Å². The molecule has 1 saturated heterocycles. The maximum Gasteiger partial charge on any atom is 0.253 e. The first-order valence-electron chi connectivity index (χ1n) is 10.1. The van der Waals surface area contributed by atoms with Gasteiger partial charge in [0.1, 0.15) is 10.7 Å². The zero-order chi connectivity index (χ0) is 21.4. The normalized spacial score (nSPS) is 19.8. The average molecular weight is 426 g/mol. The van der Waals surface area contributed by atoms with Crippen molar-refractivity contribution in [3.63, 3.8) is 0 Å². The molecule has 2 aromatic rings. The minimum Gasteiger partial charge on any atom is -0.339 e. The maximum atomic E-state index is 13.1. The summed E-state index contributed by atoms with van der Waals surface area (Å²) in [4.78, 5) is 40.5. The Morgan fingerprint density at radius 3 is 2.23 bits per heavy atom. The monoisotopic (exact) mass is 425 g/mol. The largest absolute Gasteiger partial charge is 0.339 e. The van der Waals surface area contributed by atoms with Gasteiger partial charge in [0.15, 0.2) is 11.6 Å². The van der Waals surface area contributed by atoms with E-state index in [0.717, 1.165) is 12.8 Å². The molecule has 0 N–H and O–H groups in total. The second kappa shape index (κ2) is 8.14. The number of carbonyl (C=O) groups excluding carboxylic acids is 3. The lowest BCUT2D eigenvalue weighted by Gasteiger charge is -2.23. The summed E-state index contributed by atoms with van der Waals surface area (Å²) in [6.45, 7) is 2.74. The summed E-state index contributed by atoms with van der Waals surface area (Å²) < 4.78 is 22.7. The number of hydrogen-bond acceptors (Lipinski definition) is 5. The van der Waals surface area contributed by atoms with Gasteiger partial charge in [0.25, 0.3) is 5.91 Å². The van der Waals surface area contributed by atoms with E-state index in [9.17, 15) is 22.8 Å². The number of ketones is 2. The molecule has 1 heterocycles. The molecule has 156 valence electrons. The van der Waals surface area contributed by atoms with Gasteiger partial charge in [-0.25, -0.2) is 8.42 Å².